The first-order chi connectivity index (χ1) is 13.9. The fraction of sp³-hybridized carbons (Fsp3) is 0.158. The molecule has 1 fully saturated rings. The minimum Gasteiger partial charge on any atom is -0.489 e. The number of halogens is 2. The molecule has 1 heterocycles. The smallest absolute Gasteiger partial charge is 0.305 e. The Bertz CT molecular complexity index is 982. The lowest BCUT2D eigenvalue weighted by Crippen LogP contribution is -2.26. The fourth-order valence-corrected chi connectivity index (χ4v) is 3.59. The van der Waals surface area contributed by atoms with Crippen LogP contribution in [0.5, 0.6) is 5.75 Å². The quantitative estimate of drug-likeness (QED) is 0.467. The summed E-state index contributed by atoms with van der Waals surface area (Å²) < 4.78 is 20.0. The summed E-state index contributed by atoms with van der Waals surface area (Å²) in [6.45, 7) is 0.106. The van der Waals surface area contributed by atoms with E-state index in [2.05, 4.69) is 31.4 Å². The van der Waals surface area contributed by atoms with Crippen molar-refractivity contribution in [3.05, 3.63) is 63.9 Å². The number of hydrogen-bond donors (Lipinski definition) is 2. The van der Waals surface area contributed by atoms with E-state index >= 15 is 0 Å². The molecule has 0 spiro atoms. The number of carbonyl (C=O) groups is 2. The standard InChI is InChI=1S/C19H15BrFN3O4S/c20-13-4-3-12(15(21)7-13)10-28-14-5-1-11(2-6-14)9-22-24-19-23-18(27)16(29-19)8-17(25)26/h1-7,9,16H,8,10H2,(H,25,26)(H,23,24,27). The van der Waals surface area contributed by atoms with Gasteiger partial charge in [-0.25, -0.2) is 4.39 Å². The predicted molar refractivity (Wildman–Crippen MR) is 112 cm³/mol. The van der Waals surface area contributed by atoms with Gasteiger partial charge in [-0.1, -0.05) is 33.8 Å². The molecule has 1 atom stereocenters. The third kappa shape index (κ3) is 6.13. The molecule has 0 radical (unpaired) electrons. The number of carboxylic acids is 1. The van der Waals surface area contributed by atoms with E-state index in [4.69, 9.17) is 9.84 Å². The third-order valence-electron chi connectivity index (χ3n) is 3.78. The molecule has 29 heavy (non-hydrogen) atoms. The summed E-state index contributed by atoms with van der Waals surface area (Å²) in [5.41, 5.74) is 1.19. The molecule has 3 rings (SSSR count). The van der Waals surface area contributed by atoms with Gasteiger partial charge in [-0.15, -0.1) is 5.10 Å². The zero-order valence-corrected chi connectivity index (χ0v) is 17.2. The number of nitrogens with one attached hydrogen (secondary N) is 1. The van der Waals surface area contributed by atoms with E-state index in [0.29, 0.717) is 15.8 Å². The van der Waals surface area contributed by atoms with Crippen LogP contribution in [0.2, 0.25) is 0 Å². The summed E-state index contributed by atoms with van der Waals surface area (Å²) in [7, 11) is 0. The van der Waals surface area contributed by atoms with E-state index in [-0.39, 0.29) is 24.0 Å². The van der Waals surface area contributed by atoms with Crippen LogP contribution in [0.4, 0.5) is 4.39 Å². The molecule has 1 saturated heterocycles. The molecule has 1 aliphatic rings. The first-order valence-corrected chi connectivity index (χ1v) is 10.0. The first kappa shape index (κ1) is 21.0. The molecule has 2 aromatic rings. The maximum atomic E-state index is 13.8. The van der Waals surface area contributed by atoms with Crippen LogP contribution in [0.15, 0.2) is 57.1 Å². The van der Waals surface area contributed by atoms with E-state index in [1.807, 2.05) is 0 Å². The van der Waals surface area contributed by atoms with Gasteiger partial charge in [-0.2, -0.15) is 5.10 Å². The van der Waals surface area contributed by atoms with Gasteiger partial charge in [0.25, 0.3) is 0 Å². The second kappa shape index (κ2) is 9.66. The van der Waals surface area contributed by atoms with Crippen LogP contribution in [0.1, 0.15) is 17.5 Å². The molecule has 2 N–H and O–H groups in total. The normalized spacial score (nSPS) is 17.7. The van der Waals surface area contributed by atoms with Crippen molar-refractivity contribution >= 4 is 51.0 Å². The highest BCUT2D eigenvalue weighted by atomic mass is 79.9. The molecule has 1 amide bonds. The topological polar surface area (TPSA) is 100 Å². The number of rotatable bonds is 7. The Morgan fingerprint density at radius 3 is 2.76 bits per heavy atom. The average Bonchev–Trinajstić information content (AvgIpc) is 3.01. The van der Waals surface area contributed by atoms with Gasteiger partial charge in [-0.3, -0.25) is 9.59 Å². The van der Waals surface area contributed by atoms with Crippen LogP contribution in [0.25, 0.3) is 0 Å². The van der Waals surface area contributed by atoms with Crippen molar-refractivity contribution in [2.24, 2.45) is 10.2 Å². The molecule has 0 aliphatic carbocycles. The molecule has 150 valence electrons. The molecule has 0 aromatic heterocycles. The van der Waals surface area contributed by atoms with Crippen molar-refractivity contribution in [1.82, 2.24) is 5.32 Å². The molecule has 1 aliphatic heterocycles. The van der Waals surface area contributed by atoms with Crippen LogP contribution in [0, 0.1) is 5.82 Å². The molecular weight excluding hydrogens is 465 g/mol. The molecule has 1 unspecified atom stereocenters. The maximum Gasteiger partial charge on any atom is 0.305 e. The summed E-state index contributed by atoms with van der Waals surface area (Å²) in [4.78, 5) is 22.3. The second-order valence-corrected chi connectivity index (χ2v) is 8.04. The number of ether oxygens (including phenoxy) is 1. The number of amidine groups is 1. The largest absolute Gasteiger partial charge is 0.489 e. The maximum absolute atomic E-state index is 13.8. The summed E-state index contributed by atoms with van der Waals surface area (Å²) in [6, 6.07) is 11.7. The van der Waals surface area contributed by atoms with Crippen LogP contribution in [-0.4, -0.2) is 33.6 Å². The van der Waals surface area contributed by atoms with Gasteiger partial charge in [0.1, 0.15) is 23.4 Å². The Balaban J connectivity index is 1.54. The van der Waals surface area contributed by atoms with Crippen molar-refractivity contribution < 1.29 is 23.8 Å². The van der Waals surface area contributed by atoms with Crippen LogP contribution >= 0.6 is 27.7 Å². The zero-order chi connectivity index (χ0) is 20.8. The van der Waals surface area contributed by atoms with Crippen molar-refractivity contribution in [3.8, 4) is 5.75 Å². The van der Waals surface area contributed by atoms with Crippen molar-refractivity contribution in [3.63, 3.8) is 0 Å². The number of hydrogen-bond acceptors (Lipinski definition) is 6. The molecule has 7 nitrogen and oxygen atoms in total. The van der Waals surface area contributed by atoms with Gasteiger partial charge >= 0.3 is 5.97 Å². The third-order valence-corrected chi connectivity index (χ3v) is 5.35. The number of benzene rings is 2. The van der Waals surface area contributed by atoms with Gasteiger partial charge in [-0.05, 0) is 42.0 Å². The number of amides is 1. The first-order valence-electron chi connectivity index (χ1n) is 8.38. The summed E-state index contributed by atoms with van der Waals surface area (Å²) in [5, 5.41) is 18.6. The molecule has 2 aromatic carbocycles. The Morgan fingerprint density at radius 1 is 1.31 bits per heavy atom. The predicted octanol–water partition coefficient (Wildman–Crippen LogP) is 3.56. The van der Waals surface area contributed by atoms with Crippen molar-refractivity contribution in [2.75, 3.05) is 0 Å². The lowest BCUT2D eigenvalue weighted by molar-refractivity contribution is -0.138. The van der Waals surface area contributed by atoms with E-state index in [9.17, 15) is 14.0 Å². The van der Waals surface area contributed by atoms with Crippen molar-refractivity contribution in [2.45, 2.75) is 18.3 Å². The highest BCUT2D eigenvalue weighted by molar-refractivity contribution is 9.10. The van der Waals surface area contributed by atoms with E-state index in [0.717, 1.165) is 17.3 Å². The Hall–Kier alpha value is -2.72. The van der Waals surface area contributed by atoms with Crippen molar-refractivity contribution in [1.29, 1.82) is 0 Å². The molecule has 0 saturated carbocycles. The SMILES string of the molecule is O=C(O)CC1SC(=NN=Cc2ccc(OCc3ccc(Br)cc3F)cc2)NC1=O. The number of aliphatic carboxylic acids is 1. The molecule has 0 bridgehead atoms. The Morgan fingerprint density at radius 2 is 2.07 bits per heavy atom. The highest BCUT2D eigenvalue weighted by Gasteiger charge is 2.32. The van der Waals surface area contributed by atoms with Gasteiger partial charge < -0.3 is 15.2 Å². The van der Waals surface area contributed by atoms with Gasteiger partial charge in [0.05, 0.1) is 12.6 Å². The molecular formula is C19H15BrFN3O4S. The summed E-state index contributed by atoms with van der Waals surface area (Å²) in [5.74, 6) is -1.21. The summed E-state index contributed by atoms with van der Waals surface area (Å²) in [6.07, 6.45) is 1.22. The second-order valence-electron chi connectivity index (χ2n) is 5.94. The van der Waals surface area contributed by atoms with E-state index in [1.54, 1.807) is 36.4 Å². The van der Waals surface area contributed by atoms with E-state index in [1.165, 1.54) is 12.3 Å². The number of carboxylic acid groups (broad SMARTS) is 1. The average molecular weight is 480 g/mol. The minimum atomic E-state index is -1.05. The molecule has 10 heteroatoms. The van der Waals surface area contributed by atoms with Gasteiger partial charge in [0.15, 0.2) is 5.17 Å². The zero-order valence-electron chi connectivity index (χ0n) is 14.8. The van der Waals surface area contributed by atoms with Crippen LogP contribution < -0.4 is 10.1 Å². The highest BCUT2D eigenvalue weighted by Crippen LogP contribution is 2.22. The van der Waals surface area contributed by atoms with Crippen LogP contribution in [0.3, 0.4) is 0 Å². The Kier molecular flexibility index (Phi) is 6.99. The van der Waals surface area contributed by atoms with Gasteiger partial charge in [0, 0.05) is 10.0 Å². The minimum absolute atomic E-state index is 0.106. The lowest BCUT2D eigenvalue weighted by atomic mass is 10.2. The summed E-state index contributed by atoms with van der Waals surface area (Å²) >= 11 is 4.24. The number of nitrogens with zero attached hydrogens (tertiary/aromatic N) is 2. The Labute approximate surface area is 178 Å². The lowest BCUT2D eigenvalue weighted by Gasteiger charge is -2.07. The van der Waals surface area contributed by atoms with Gasteiger partial charge in [0.2, 0.25) is 5.91 Å². The monoisotopic (exact) mass is 479 g/mol. The number of carbonyl (C=O) groups excluding carboxylic acids is 1. The van der Waals surface area contributed by atoms with Crippen LogP contribution in [-0.2, 0) is 16.2 Å². The van der Waals surface area contributed by atoms with E-state index < -0.39 is 17.1 Å². The number of thioether (sulfide) groups is 1. The fourth-order valence-electron chi connectivity index (χ4n) is 2.34.